The van der Waals surface area contributed by atoms with Gasteiger partial charge in [0.15, 0.2) is 0 Å². The number of hydrogen-bond acceptors (Lipinski definition) is 4. The average molecular weight is 311 g/mol. The molecule has 7 heteroatoms. The molecule has 1 unspecified atom stereocenters. The van der Waals surface area contributed by atoms with E-state index in [2.05, 4.69) is 10.1 Å². The molecule has 2 aromatic rings. The number of aliphatic hydroxyl groups excluding tert-OH is 1. The van der Waals surface area contributed by atoms with Gasteiger partial charge < -0.3 is 9.84 Å². The first-order valence-electron chi connectivity index (χ1n) is 7.13. The van der Waals surface area contributed by atoms with Crippen LogP contribution < -0.4 is 0 Å². The van der Waals surface area contributed by atoms with Crippen molar-refractivity contribution in [2.45, 2.75) is 26.0 Å². The van der Waals surface area contributed by atoms with Gasteiger partial charge in [-0.2, -0.15) is 5.10 Å². The second-order valence-electron chi connectivity index (χ2n) is 5.02. The van der Waals surface area contributed by atoms with Crippen LogP contribution >= 0.6 is 0 Å². The predicted octanol–water partition coefficient (Wildman–Crippen LogP) is 2.33. The fourth-order valence-corrected chi connectivity index (χ4v) is 2.19. The molecule has 1 aliphatic rings. The molecule has 1 aromatic carbocycles. The van der Waals surface area contributed by atoms with Crippen molar-refractivity contribution >= 4 is 0 Å². The van der Waals surface area contributed by atoms with E-state index < -0.39 is 11.6 Å². The van der Waals surface area contributed by atoms with Gasteiger partial charge in [0.1, 0.15) is 24.3 Å². The fourth-order valence-electron chi connectivity index (χ4n) is 2.19. The third kappa shape index (κ3) is 4.32. The molecule has 0 aliphatic carbocycles. The fraction of sp³-hybridized carbons (Fsp3) is 0.467. The molecular formula is C15H19F2N3O2. The van der Waals surface area contributed by atoms with E-state index in [-0.39, 0.29) is 18.6 Å². The molecule has 5 nitrogen and oxygen atoms in total. The maximum absolute atomic E-state index is 13.4. The second-order valence-corrected chi connectivity index (χ2v) is 5.02. The second kappa shape index (κ2) is 7.95. The first-order valence-corrected chi connectivity index (χ1v) is 7.13. The molecule has 2 heterocycles. The third-order valence-electron chi connectivity index (χ3n) is 3.44. The summed E-state index contributed by atoms with van der Waals surface area (Å²) in [4.78, 5) is 3.74. The van der Waals surface area contributed by atoms with E-state index in [0.29, 0.717) is 18.6 Å². The third-order valence-corrected chi connectivity index (χ3v) is 3.44. The highest BCUT2D eigenvalue weighted by Crippen LogP contribution is 2.33. The molecule has 1 N–H and O–H groups in total. The molecule has 1 saturated heterocycles. The molecule has 1 fully saturated rings. The summed E-state index contributed by atoms with van der Waals surface area (Å²) in [5.41, 5.74) is 0.368. The summed E-state index contributed by atoms with van der Waals surface area (Å²) in [7, 11) is 0. The van der Waals surface area contributed by atoms with Crippen LogP contribution in [0.4, 0.5) is 8.78 Å². The Hall–Kier alpha value is -1.86. The van der Waals surface area contributed by atoms with Crippen molar-refractivity contribution in [1.29, 1.82) is 0 Å². The van der Waals surface area contributed by atoms with Gasteiger partial charge in [-0.05, 0) is 19.4 Å². The molecule has 22 heavy (non-hydrogen) atoms. The van der Waals surface area contributed by atoms with Crippen LogP contribution in [0.5, 0.6) is 0 Å². The molecule has 1 aliphatic heterocycles. The lowest BCUT2D eigenvalue weighted by atomic mass is 10.0. The predicted molar refractivity (Wildman–Crippen MR) is 75.9 cm³/mol. The number of hydrogen-bond donors (Lipinski definition) is 1. The van der Waals surface area contributed by atoms with Crippen LogP contribution in [0.3, 0.4) is 0 Å². The Balaban J connectivity index is 0.000000211. The minimum Gasteiger partial charge on any atom is -0.396 e. The average Bonchev–Trinajstić information content (AvgIpc) is 3.19. The Morgan fingerprint density at radius 1 is 1.41 bits per heavy atom. The summed E-state index contributed by atoms with van der Waals surface area (Å²) in [6.45, 7) is 3.39. The van der Waals surface area contributed by atoms with Crippen LogP contribution in [-0.2, 0) is 11.3 Å². The van der Waals surface area contributed by atoms with Crippen molar-refractivity contribution in [1.82, 2.24) is 14.8 Å². The molecule has 1 aromatic heterocycles. The highest BCUT2D eigenvalue weighted by Gasteiger charge is 2.28. The van der Waals surface area contributed by atoms with E-state index in [1.165, 1.54) is 18.5 Å². The van der Waals surface area contributed by atoms with Crippen molar-refractivity contribution in [2.75, 3.05) is 13.2 Å². The van der Waals surface area contributed by atoms with Gasteiger partial charge >= 0.3 is 0 Å². The number of aliphatic hydroxyl groups is 1. The first kappa shape index (κ1) is 16.5. The molecule has 0 radical (unpaired) electrons. The summed E-state index contributed by atoms with van der Waals surface area (Å²) in [6.07, 6.45) is 3.45. The zero-order valence-electron chi connectivity index (χ0n) is 12.3. The van der Waals surface area contributed by atoms with Gasteiger partial charge in [-0.3, -0.25) is 4.68 Å². The van der Waals surface area contributed by atoms with Gasteiger partial charge in [0.05, 0.1) is 12.7 Å². The first-order chi connectivity index (χ1) is 10.6. The quantitative estimate of drug-likeness (QED) is 0.945. The zero-order valence-corrected chi connectivity index (χ0v) is 12.3. The number of rotatable bonds is 3. The monoisotopic (exact) mass is 311 g/mol. The summed E-state index contributed by atoms with van der Waals surface area (Å²) < 4.78 is 33.1. The Labute approximate surface area is 127 Å². The molecule has 0 spiro atoms. The molecule has 0 amide bonds. The minimum absolute atomic E-state index is 0.0410. The lowest BCUT2D eigenvalue weighted by Crippen LogP contribution is -2.04. The van der Waals surface area contributed by atoms with Crippen molar-refractivity contribution < 1.29 is 18.6 Å². The van der Waals surface area contributed by atoms with E-state index >= 15 is 0 Å². The summed E-state index contributed by atoms with van der Waals surface area (Å²) >= 11 is 0. The summed E-state index contributed by atoms with van der Waals surface area (Å²) in [5.74, 6) is -1.12. The zero-order chi connectivity index (χ0) is 15.9. The Morgan fingerprint density at radius 2 is 2.23 bits per heavy atom. The lowest BCUT2D eigenvalue weighted by Gasteiger charge is -2.10. The van der Waals surface area contributed by atoms with Gasteiger partial charge in [-0.25, -0.2) is 13.8 Å². The molecule has 0 saturated carbocycles. The largest absolute Gasteiger partial charge is 0.396 e. The minimum atomic E-state index is -0.590. The van der Waals surface area contributed by atoms with E-state index in [1.807, 2.05) is 6.92 Å². The van der Waals surface area contributed by atoms with E-state index in [9.17, 15) is 8.78 Å². The normalized spacial score (nSPS) is 20.5. The number of aryl methyl sites for hydroxylation is 1. The summed E-state index contributed by atoms with van der Waals surface area (Å²) in [6, 6.07) is 3.47. The molecule has 0 bridgehead atoms. The van der Waals surface area contributed by atoms with Crippen LogP contribution in [0.15, 0.2) is 30.9 Å². The molecule has 2 atom stereocenters. The van der Waals surface area contributed by atoms with Crippen LogP contribution in [0.25, 0.3) is 0 Å². The van der Waals surface area contributed by atoms with Crippen molar-refractivity contribution in [3.63, 3.8) is 0 Å². The van der Waals surface area contributed by atoms with E-state index in [4.69, 9.17) is 9.84 Å². The topological polar surface area (TPSA) is 60.2 Å². The smallest absolute Gasteiger partial charge is 0.137 e. The van der Waals surface area contributed by atoms with Crippen molar-refractivity contribution in [3.05, 3.63) is 48.1 Å². The van der Waals surface area contributed by atoms with Crippen molar-refractivity contribution in [3.8, 4) is 0 Å². The highest BCUT2D eigenvalue weighted by molar-refractivity contribution is 5.21. The number of halogens is 2. The summed E-state index contributed by atoms with van der Waals surface area (Å²) in [5, 5.41) is 12.8. The van der Waals surface area contributed by atoms with Crippen LogP contribution in [0, 0.1) is 17.6 Å². The highest BCUT2D eigenvalue weighted by atomic mass is 19.1. The van der Waals surface area contributed by atoms with E-state index in [0.717, 1.165) is 12.6 Å². The van der Waals surface area contributed by atoms with E-state index in [1.54, 1.807) is 11.0 Å². The van der Waals surface area contributed by atoms with Gasteiger partial charge in [0.2, 0.25) is 0 Å². The van der Waals surface area contributed by atoms with Gasteiger partial charge in [0.25, 0.3) is 0 Å². The number of ether oxygens (including phenoxy) is 1. The Morgan fingerprint density at radius 3 is 2.73 bits per heavy atom. The molecule has 120 valence electrons. The van der Waals surface area contributed by atoms with Gasteiger partial charge in [-0.1, -0.05) is 6.07 Å². The number of benzene rings is 1. The van der Waals surface area contributed by atoms with Crippen molar-refractivity contribution in [2.24, 2.45) is 5.92 Å². The van der Waals surface area contributed by atoms with Crippen LogP contribution in [0.2, 0.25) is 0 Å². The van der Waals surface area contributed by atoms with Gasteiger partial charge in [-0.15, -0.1) is 0 Å². The maximum atomic E-state index is 13.4. The van der Waals surface area contributed by atoms with Crippen LogP contribution in [-0.4, -0.2) is 33.1 Å². The SMILES string of the molecule is CCn1cncn1.OC[C@@H]1COC(c2ccc(F)cc2F)C1. The number of nitrogens with zero attached hydrogens (tertiary/aromatic N) is 3. The number of aromatic nitrogens is 3. The standard InChI is InChI=1S/C11H12F2O2.C4H7N3/c12-8-1-2-9(10(13)4-8)11-3-7(5-14)6-15-11;1-2-7-4-5-3-6-7/h1-2,4,7,11,14H,3,5-6H2;3-4H,2H2,1H3/t7-,11?;/m1./s1. The van der Waals surface area contributed by atoms with Gasteiger partial charge in [0, 0.05) is 30.7 Å². The lowest BCUT2D eigenvalue weighted by molar-refractivity contribution is 0.0990. The molecule has 3 rings (SSSR count). The Bertz CT molecular complexity index is 578. The maximum Gasteiger partial charge on any atom is 0.137 e. The van der Waals surface area contributed by atoms with Crippen LogP contribution in [0.1, 0.15) is 25.0 Å². The Kier molecular flexibility index (Phi) is 5.97. The molecular weight excluding hydrogens is 292 g/mol.